The molecular weight excluding hydrogens is 316 g/mol. The number of nitrogens with zero attached hydrogens (tertiary/aromatic N) is 1. The molecule has 0 atom stereocenters. The third-order valence-electron chi connectivity index (χ3n) is 5.50. The van der Waals surface area contributed by atoms with E-state index in [0.717, 1.165) is 50.1 Å². The highest BCUT2D eigenvalue weighted by Gasteiger charge is 2.46. The van der Waals surface area contributed by atoms with Crippen LogP contribution in [-0.2, 0) is 16.1 Å². The van der Waals surface area contributed by atoms with E-state index >= 15 is 0 Å². The van der Waals surface area contributed by atoms with Crippen LogP contribution in [0, 0.1) is 0 Å². The van der Waals surface area contributed by atoms with Crippen molar-refractivity contribution in [3.05, 3.63) is 29.8 Å². The standard InChI is InChI=1S/C20H30N2O3/c1-24-14-15-25-18-8-6-17(7-9-18)16-21-19(23)20(10-2-3-11-20)22-12-4-5-13-22/h6-9H,2-5,10-16H2,1H3,(H,21,23). The van der Waals surface area contributed by atoms with E-state index in [1.807, 2.05) is 24.3 Å². The van der Waals surface area contributed by atoms with Crippen molar-refractivity contribution in [1.82, 2.24) is 10.2 Å². The van der Waals surface area contributed by atoms with Gasteiger partial charge in [-0.1, -0.05) is 25.0 Å². The molecular formula is C20H30N2O3. The minimum atomic E-state index is -0.250. The maximum atomic E-state index is 13.0. The number of hydrogen-bond donors (Lipinski definition) is 1. The molecule has 0 spiro atoms. The van der Waals surface area contributed by atoms with Crippen LogP contribution in [0.4, 0.5) is 0 Å². The zero-order chi connectivity index (χ0) is 17.5. The van der Waals surface area contributed by atoms with Gasteiger partial charge in [0.15, 0.2) is 0 Å². The average Bonchev–Trinajstić information content (AvgIpc) is 3.33. The van der Waals surface area contributed by atoms with Crippen LogP contribution in [0.1, 0.15) is 44.1 Å². The van der Waals surface area contributed by atoms with E-state index in [2.05, 4.69) is 10.2 Å². The molecule has 1 N–H and O–H groups in total. The lowest BCUT2D eigenvalue weighted by Gasteiger charge is -2.37. The van der Waals surface area contributed by atoms with Crippen molar-refractivity contribution in [1.29, 1.82) is 0 Å². The number of carbonyl (C=O) groups excluding carboxylic acids is 1. The fraction of sp³-hybridized carbons (Fsp3) is 0.650. The molecule has 3 rings (SSSR count). The van der Waals surface area contributed by atoms with E-state index in [9.17, 15) is 4.79 Å². The normalized spacial score (nSPS) is 19.9. The van der Waals surface area contributed by atoms with Crippen molar-refractivity contribution in [2.75, 3.05) is 33.4 Å². The number of rotatable bonds is 8. The van der Waals surface area contributed by atoms with Gasteiger partial charge in [-0.2, -0.15) is 0 Å². The van der Waals surface area contributed by atoms with Gasteiger partial charge in [-0.05, 0) is 56.5 Å². The molecule has 1 saturated heterocycles. The van der Waals surface area contributed by atoms with Crippen LogP contribution in [0.2, 0.25) is 0 Å². The summed E-state index contributed by atoms with van der Waals surface area (Å²) in [5, 5.41) is 3.19. The fourth-order valence-corrected chi connectivity index (χ4v) is 4.09. The summed E-state index contributed by atoms with van der Waals surface area (Å²) in [6.45, 7) is 3.84. The number of hydrogen-bond acceptors (Lipinski definition) is 4. The molecule has 2 fully saturated rings. The molecule has 1 aromatic rings. The first-order valence-electron chi connectivity index (χ1n) is 9.49. The van der Waals surface area contributed by atoms with E-state index in [4.69, 9.17) is 9.47 Å². The molecule has 1 amide bonds. The maximum absolute atomic E-state index is 13.0. The molecule has 0 bridgehead atoms. The molecule has 5 heteroatoms. The van der Waals surface area contributed by atoms with E-state index in [1.54, 1.807) is 7.11 Å². The third kappa shape index (κ3) is 4.33. The van der Waals surface area contributed by atoms with Crippen molar-refractivity contribution >= 4 is 5.91 Å². The smallest absolute Gasteiger partial charge is 0.240 e. The third-order valence-corrected chi connectivity index (χ3v) is 5.50. The van der Waals surface area contributed by atoms with Gasteiger partial charge in [0, 0.05) is 13.7 Å². The summed E-state index contributed by atoms with van der Waals surface area (Å²) in [7, 11) is 1.66. The monoisotopic (exact) mass is 346 g/mol. The highest BCUT2D eigenvalue weighted by molar-refractivity contribution is 5.86. The van der Waals surface area contributed by atoms with Gasteiger partial charge in [0.25, 0.3) is 0 Å². The lowest BCUT2D eigenvalue weighted by Crippen LogP contribution is -2.56. The van der Waals surface area contributed by atoms with Crippen molar-refractivity contribution in [2.45, 2.75) is 50.6 Å². The number of methoxy groups -OCH3 is 1. The summed E-state index contributed by atoms with van der Waals surface area (Å²) in [4.78, 5) is 15.4. The Morgan fingerprint density at radius 2 is 1.76 bits per heavy atom. The van der Waals surface area contributed by atoms with Gasteiger partial charge in [0.2, 0.25) is 5.91 Å². The molecule has 0 aromatic heterocycles. The van der Waals surface area contributed by atoms with Crippen molar-refractivity contribution < 1.29 is 14.3 Å². The number of likely N-dealkylation sites (tertiary alicyclic amines) is 1. The van der Waals surface area contributed by atoms with E-state index < -0.39 is 0 Å². The average molecular weight is 346 g/mol. The van der Waals surface area contributed by atoms with Crippen LogP contribution in [0.3, 0.4) is 0 Å². The summed E-state index contributed by atoms with van der Waals surface area (Å²) >= 11 is 0. The van der Waals surface area contributed by atoms with Gasteiger partial charge in [0.05, 0.1) is 6.61 Å². The van der Waals surface area contributed by atoms with E-state index in [1.165, 1.54) is 12.8 Å². The van der Waals surface area contributed by atoms with Gasteiger partial charge in [0.1, 0.15) is 17.9 Å². The Hall–Kier alpha value is -1.59. The topological polar surface area (TPSA) is 50.8 Å². The lowest BCUT2D eigenvalue weighted by molar-refractivity contribution is -0.133. The number of benzene rings is 1. The number of amides is 1. The molecule has 25 heavy (non-hydrogen) atoms. The predicted octanol–water partition coefficient (Wildman–Crippen LogP) is 2.74. The second-order valence-corrected chi connectivity index (χ2v) is 7.10. The zero-order valence-corrected chi connectivity index (χ0v) is 15.3. The molecule has 1 aliphatic carbocycles. The number of nitrogens with one attached hydrogen (secondary N) is 1. The summed E-state index contributed by atoms with van der Waals surface area (Å²) in [5.41, 5.74) is 0.849. The van der Waals surface area contributed by atoms with Gasteiger partial charge >= 0.3 is 0 Å². The maximum Gasteiger partial charge on any atom is 0.240 e. The molecule has 0 unspecified atom stereocenters. The number of carbonyl (C=O) groups is 1. The molecule has 0 radical (unpaired) electrons. The summed E-state index contributed by atoms with van der Waals surface area (Å²) in [6, 6.07) is 7.92. The van der Waals surface area contributed by atoms with Crippen molar-refractivity contribution in [3.8, 4) is 5.75 Å². The Kier molecular flexibility index (Phi) is 6.32. The molecule has 1 aromatic carbocycles. The van der Waals surface area contributed by atoms with E-state index in [0.29, 0.717) is 19.8 Å². The Morgan fingerprint density at radius 1 is 1.08 bits per heavy atom. The highest BCUT2D eigenvalue weighted by Crippen LogP contribution is 2.37. The van der Waals surface area contributed by atoms with Gasteiger partial charge in [-0.25, -0.2) is 0 Å². The van der Waals surface area contributed by atoms with Crippen LogP contribution in [-0.4, -0.2) is 49.8 Å². The molecule has 1 aliphatic heterocycles. The SMILES string of the molecule is COCCOc1ccc(CNC(=O)C2(N3CCCC3)CCCC2)cc1. The minimum absolute atomic E-state index is 0.215. The summed E-state index contributed by atoms with van der Waals surface area (Å²) in [5.74, 6) is 1.05. The molecule has 1 heterocycles. The fourth-order valence-electron chi connectivity index (χ4n) is 4.09. The first-order valence-corrected chi connectivity index (χ1v) is 9.49. The van der Waals surface area contributed by atoms with Crippen LogP contribution < -0.4 is 10.1 Å². The zero-order valence-electron chi connectivity index (χ0n) is 15.3. The lowest BCUT2D eigenvalue weighted by atomic mass is 9.94. The minimum Gasteiger partial charge on any atom is -0.491 e. The Morgan fingerprint density at radius 3 is 2.40 bits per heavy atom. The largest absolute Gasteiger partial charge is 0.491 e. The van der Waals surface area contributed by atoms with Gasteiger partial charge < -0.3 is 14.8 Å². The Balaban J connectivity index is 1.54. The van der Waals surface area contributed by atoms with Gasteiger partial charge in [-0.15, -0.1) is 0 Å². The predicted molar refractivity (Wildman–Crippen MR) is 97.7 cm³/mol. The first kappa shape index (κ1) is 18.2. The second kappa shape index (κ2) is 8.68. The summed E-state index contributed by atoms with van der Waals surface area (Å²) < 4.78 is 10.5. The molecule has 5 nitrogen and oxygen atoms in total. The molecule has 138 valence electrons. The highest BCUT2D eigenvalue weighted by atomic mass is 16.5. The summed E-state index contributed by atoms with van der Waals surface area (Å²) in [6.07, 6.45) is 6.78. The first-order chi connectivity index (χ1) is 12.2. The second-order valence-electron chi connectivity index (χ2n) is 7.10. The Labute approximate surface area is 150 Å². The van der Waals surface area contributed by atoms with Crippen molar-refractivity contribution in [3.63, 3.8) is 0 Å². The Bertz CT molecular complexity index is 547. The van der Waals surface area contributed by atoms with Crippen LogP contribution in [0.15, 0.2) is 24.3 Å². The van der Waals surface area contributed by atoms with Crippen LogP contribution >= 0.6 is 0 Å². The van der Waals surface area contributed by atoms with Gasteiger partial charge in [-0.3, -0.25) is 9.69 Å². The van der Waals surface area contributed by atoms with Crippen molar-refractivity contribution in [2.24, 2.45) is 0 Å². The molecule has 2 aliphatic rings. The van der Waals surface area contributed by atoms with E-state index in [-0.39, 0.29) is 11.4 Å². The van der Waals surface area contributed by atoms with Crippen LogP contribution in [0.25, 0.3) is 0 Å². The number of ether oxygens (including phenoxy) is 2. The van der Waals surface area contributed by atoms with Crippen LogP contribution in [0.5, 0.6) is 5.75 Å². The molecule has 1 saturated carbocycles. The quantitative estimate of drug-likeness (QED) is 0.736.